The van der Waals surface area contributed by atoms with Crippen LogP contribution in [0, 0.1) is 0 Å². The fourth-order valence-electron chi connectivity index (χ4n) is 2.81. The predicted molar refractivity (Wildman–Crippen MR) is 114 cm³/mol. The molecule has 0 saturated carbocycles. The molecule has 0 unspecified atom stereocenters. The van der Waals surface area contributed by atoms with Gasteiger partial charge in [-0.25, -0.2) is 13.2 Å². The van der Waals surface area contributed by atoms with Gasteiger partial charge in [-0.1, -0.05) is 46.3 Å². The summed E-state index contributed by atoms with van der Waals surface area (Å²) in [6.45, 7) is 1.39. The minimum atomic E-state index is -3.69. The first-order valence-electron chi connectivity index (χ1n) is 9.03. The molecule has 10 heteroatoms. The SMILES string of the molecule is C[C@H](N=C1NS(=O)(=O)c2ccccc21)C(=O)OCC(=O)N(C)Cc1ccccc1Br. The average molecular weight is 494 g/mol. The number of hydrogen-bond acceptors (Lipinski definition) is 6. The molecule has 0 aromatic heterocycles. The van der Waals surface area contributed by atoms with Crippen LogP contribution in [0.25, 0.3) is 0 Å². The van der Waals surface area contributed by atoms with E-state index in [1.807, 2.05) is 24.3 Å². The van der Waals surface area contributed by atoms with Crippen LogP contribution >= 0.6 is 15.9 Å². The van der Waals surface area contributed by atoms with Gasteiger partial charge in [-0.05, 0) is 30.7 Å². The lowest BCUT2D eigenvalue weighted by atomic mass is 10.2. The third-order valence-electron chi connectivity index (χ3n) is 4.46. The van der Waals surface area contributed by atoms with Gasteiger partial charge in [-0.2, -0.15) is 0 Å². The predicted octanol–water partition coefficient (Wildman–Crippen LogP) is 2.08. The lowest BCUT2D eigenvalue weighted by Crippen LogP contribution is -2.33. The van der Waals surface area contributed by atoms with Gasteiger partial charge < -0.3 is 9.64 Å². The summed E-state index contributed by atoms with van der Waals surface area (Å²) in [4.78, 5) is 30.2. The number of amides is 1. The molecule has 1 aliphatic heterocycles. The summed E-state index contributed by atoms with van der Waals surface area (Å²) < 4.78 is 32.5. The summed E-state index contributed by atoms with van der Waals surface area (Å²) in [6, 6.07) is 12.9. The van der Waals surface area contributed by atoms with Crippen molar-refractivity contribution in [2.45, 2.75) is 24.4 Å². The van der Waals surface area contributed by atoms with Crippen LogP contribution in [0.15, 0.2) is 62.9 Å². The van der Waals surface area contributed by atoms with Crippen molar-refractivity contribution in [1.29, 1.82) is 0 Å². The Morgan fingerprint density at radius 1 is 1.17 bits per heavy atom. The molecule has 30 heavy (non-hydrogen) atoms. The quantitative estimate of drug-likeness (QED) is 0.620. The Morgan fingerprint density at radius 2 is 1.83 bits per heavy atom. The summed E-state index contributed by atoms with van der Waals surface area (Å²) in [7, 11) is -2.08. The number of likely N-dealkylation sites (N-methyl/N-ethyl adjacent to an activating group) is 1. The normalized spacial score (nSPS) is 16.4. The lowest BCUT2D eigenvalue weighted by Gasteiger charge is -2.18. The van der Waals surface area contributed by atoms with Crippen LogP contribution in [-0.4, -0.2) is 50.7 Å². The van der Waals surface area contributed by atoms with Crippen molar-refractivity contribution in [3.8, 4) is 0 Å². The molecule has 0 radical (unpaired) electrons. The first-order chi connectivity index (χ1) is 14.2. The highest BCUT2D eigenvalue weighted by atomic mass is 79.9. The molecular weight excluding hydrogens is 474 g/mol. The fraction of sp³-hybridized carbons (Fsp3) is 0.250. The van der Waals surface area contributed by atoms with Gasteiger partial charge in [0.05, 0.1) is 4.90 Å². The Hall–Kier alpha value is -2.72. The van der Waals surface area contributed by atoms with E-state index in [1.165, 1.54) is 17.9 Å². The number of carbonyl (C=O) groups excluding carboxylic acids is 2. The number of fused-ring (bicyclic) bond motifs is 1. The number of esters is 1. The molecule has 2 aromatic carbocycles. The second-order valence-corrected chi connectivity index (χ2v) is 9.21. The van der Waals surface area contributed by atoms with Crippen molar-refractivity contribution in [3.63, 3.8) is 0 Å². The fourth-order valence-corrected chi connectivity index (χ4v) is 4.46. The smallest absolute Gasteiger partial charge is 0.331 e. The molecule has 1 amide bonds. The number of carbonyl (C=O) groups is 2. The number of ether oxygens (including phenoxy) is 1. The number of halogens is 1. The van der Waals surface area contributed by atoms with Crippen LogP contribution in [-0.2, 0) is 30.9 Å². The summed E-state index contributed by atoms with van der Waals surface area (Å²) in [5, 5.41) is 0. The molecule has 1 N–H and O–H groups in total. The Balaban J connectivity index is 1.59. The van der Waals surface area contributed by atoms with E-state index in [0.29, 0.717) is 12.1 Å². The van der Waals surface area contributed by atoms with Crippen LogP contribution < -0.4 is 4.72 Å². The van der Waals surface area contributed by atoms with E-state index < -0.39 is 28.6 Å². The van der Waals surface area contributed by atoms with E-state index in [0.717, 1.165) is 10.0 Å². The maximum Gasteiger partial charge on any atom is 0.331 e. The maximum atomic E-state index is 12.3. The standard InChI is InChI=1S/C20H20BrN3O5S/c1-13(22-19-15-8-4-6-10-17(15)30(27,28)23-19)20(26)29-12-18(25)24(2)11-14-7-3-5-9-16(14)21/h3-10,13H,11-12H2,1-2H3,(H,22,23)/t13-/m0/s1. The van der Waals surface area contributed by atoms with E-state index in [2.05, 4.69) is 25.6 Å². The monoisotopic (exact) mass is 493 g/mol. The maximum absolute atomic E-state index is 12.3. The molecule has 158 valence electrons. The van der Waals surface area contributed by atoms with Crippen LogP contribution in [0.5, 0.6) is 0 Å². The van der Waals surface area contributed by atoms with Crippen molar-refractivity contribution in [3.05, 3.63) is 64.1 Å². The van der Waals surface area contributed by atoms with Crippen molar-refractivity contribution in [2.75, 3.05) is 13.7 Å². The molecule has 0 aliphatic carbocycles. The largest absolute Gasteiger partial charge is 0.454 e. The zero-order valence-corrected chi connectivity index (χ0v) is 18.7. The third-order valence-corrected chi connectivity index (χ3v) is 6.63. The zero-order chi connectivity index (χ0) is 21.9. The molecule has 3 rings (SSSR count). The molecule has 0 spiro atoms. The summed E-state index contributed by atoms with van der Waals surface area (Å²) in [6.07, 6.45) is 0. The lowest BCUT2D eigenvalue weighted by molar-refractivity contribution is -0.152. The molecule has 1 heterocycles. The number of sulfonamides is 1. The summed E-state index contributed by atoms with van der Waals surface area (Å²) in [5.41, 5.74) is 1.31. The summed E-state index contributed by atoms with van der Waals surface area (Å²) in [5.74, 6) is -1.02. The number of nitrogens with one attached hydrogen (secondary N) is 1. The average Bonchev–Trinajstić information content (AvgIpc) is 2.97. The van der Waals surface area contributed by atoms with Crippen molar-refractivity contribution < 1.29 is 22.7 Å². The number of hydrogen-bond donors (Lipinski definition) is 1. The van der Waals surface area contributed by atoms with Crippen molar-refractivity contribution in [2.24, 2.45) is 4.99 Å². The first kappa shape index (κ1) is 22.0. The second-order valence-electron chi connectivity index (χ2n) is 6.70. The van der Waals surface area contributed by atoms with E-state index >= 15 is 0 Å². The van der Waals surface area contributed by atoms with Gasteiger partial charge in [0.2, 0.25) is 0 Å². The number of amidine groups is 1. The number of rotatable bonds is 6. The molecule has 8 nitrogen and oxygen atoms in total. The van der Waals surface area contributed by atoms with Gasteiger partial charge >= 0.3 is 5.97 Å². The van der Waals surface area contributed by atoms with Gasteiger partial charge in [0.15, 0.2) is 6.61 Å². The first-order valence-corrected chi connectivity index (χ1v) is 11.3. The Labute approximate surface area is 183 Å². The Kier molecular flexibility index (Phi) is 6.57. The van der Waals surface area contributed by atoms with Crippen molar-refractivity contribution >= 4 is 43.7 Å². The van der Waals surface area contributed by atoms with E-state index in [4.69, 9.17) is 4.74 Å². The topological polar surface area (TPSA) is 105 Å². The molecular formula is C20H20BrN3O5S. The molecule has 0 saturated heterocycles. The van der Waals surface area contributed by atoms with Crippen LogP contribution in [0.2, 0.25) is 0 Å². The summed E-state index contributed by atoms with van der Waals surface area (Å²) >= 11 is 3.43. The van der Waals surface area contributed by atoms with Gasteiger partial charge in [0.25, 0.3) is 15.9 Å². The Morgan fingerprint density at radius 3 is 2.57 bits per heavy atom. The highest BCUT2D eigenvalue weighted by Gasteiger charge is 2.31. The third kappa shape index (κ3) is 4.88. The highest BCUT2D eigenvalue weighted by Crippen LogP contribution is 2.22. The van der Waals surface area contributed by atoms with Gasteiger partial charge in [-0.3, -0.25) is 14.5 Å². The minimum Gasteiger partial charge on any atom is -0.454 e. The number of benzene rings is 2. The van der Waals surface area contributed by atoms with Crippen LogP contribution in [0.1, 0.15) is 18.1 Å². The van der Waals surface area contributed by atoms with Gasteiger partial charge in [-0.15, -0.1) is 0 Å². The highest BCUT2D eigenvalue weighted by molar-refractivity contribution is 9.10. The molecule has 1 atom stereocenters. The molecule has 0 fully saturated rings. The Bertz CT molecular complexity index is 1120. The van der Waals surface area contributed by atoms with E-state index in [9.17, 15) is 18.0 Å². The zero-order valence-electron chi connectivity index (χ0n) is 16.3. The minimum absolute atomic E-state index is 0.0763. The molecule has 1 aliphatic rings. The van der Waals surface area contributed by atoms with Crippen LogP contribution in [0.4, 0.5) is 0 Å². The number of nitrogens with zero attached hydrogens (tertiary/aromatic N) is 2. The van der Waals surface area contributed by atoms with Gasteiger partial charge in [0.1, 0.15) is 11.9 Å². The molecule has 0 bridgehead atoms. The van der Waals surface area contributed by atoms with Crippen molar-refractivity contribution in [1.82, 2.24) is 9.62 Å². The van der Waals surface area contributed by atoms with E-state index in [1.54, 1.807) is 25.2 Å². The van der Waals surface area contributed by atoms with Crippen LogP contribution in [0.3, 0.4) is 0 Å². The van der Waals surface area contributed by atoms with E-state index in [-0.39, 0.29) is 16.6 Å². The van der Waals surface area contributed by atoms with Gasteiger partial charge in [0, 0.05) is 23.6 Å². The molecule has 2 aromatic rings. The number of aliphatic imine (C=N–C) groups is 1. The second kappa shape index (κ2) is 8.97.